The van der Waals surface area contributed by atoms with E-state index < -0.39 is 23.0 Å². The summed E-state index contributed by atoms with van der Waals surface area (Å²) in [5.41, 5.74) is 0.0168. The van der Waals surface area contributed by atoms with Gasteiger partial charge in [-0.25, -0.2) is 18.7 Å². The topological polar surface area (TPSA) is 110 Å². The van der Waals surface area contributed by atoms with Crippen LogP contribution in [0.25, 0.3) is 16.3 Å². The van der Waals surface area contributed by atoms with Crippen LogP contribution < -0.4 is 16.6 Å². The zero-order valence-electron chi connectivity index (χ0n) is 16.3. The van der Waals surface area contributed by atoms with E-state index in [0.29, 0.717) is 0 Å². The molecule has 3 aromatic heterocycles. The van der Waals surface area contributed by atoms with Gasteiger partial charge in [-0.05, 0) is 43.3 Å². The molecule has 2 N–H and O–H groups in total. The van der Waals surface area contributed by atoms with Crippen molar-refractivity contribution >= 4 is 17.2 Å². The number of aryl methyl sites for hydroxylation is 1. The van der Waals surface area contributed by atoms with Gasteiger partial charge < -0.3 is 10.3 Å². The largest absolute Gasteiger partial charge is 0.347 e. The highest BCUT2D eigenvalue weighted by atomic mass is 32.1. The number of pyridine rings is 1. The lowest BCUT2D eigenvalue weighted by Crippen LogP contribution is -2.39. The molecule has 0 spiro atoms. The highest BCUT2D eigenvalue weighted by Crippen LogP contribution is 2.27. The van der Waals surface area contributed by atoms with E-state index in [4.69, 9.17) is 0 Å². The summed E-state index contributed by atoms with van der Waals surface area (Å²) < 4.78 is 14.0. The van der Waals surface area contributed by atoms with Crippen LogP contribution in [0.1, 0.15) is 20.9 Å². The molecule has 10 heteroatoms. The molecule has 0 aliphatic carbocycles. The van der Waals surface area contributed by atoms with Crippen LogP contribution in [0, 0.1) is 12.7 Å². The van der Waals surface area contributed by atoms with Crippen LogP contribution in [0.2, 0.25) is 0 Å². The summed E-state index contributed by atoms with van der Waals surface area (Å²) in [6, 6.07) is 8.53. The van der Waals surface area contributed by atoms with E-state index in [0.717, 1.165) is 44.0 Å². The minimum atomic E-state index is -0.801. The molecule has 4 rings (SSSR count). The number of aromatic amines is 1. The number of aromatic nitrogens is 4. The molecule has 0 saturated heterocycles. The van der Waals surface area contributed by atoms with Crippen molar-refractivity contribution in [3.63, 3.8) is 0 Å². The molecular weight excluding hydrogens is 421 g/mol. The number of carbonyl (C=O) groups excluding carboxylic acids is 1. The number of carbonyl (C=O) groups is 1. The first-order chi connectivity index (χ1) is 14.9. The van der Waals surface area contributed by atoms with Crippen molar-refractivity contribution in [1.82, 2.24) is 24.8 Å². The maximum Gasteiger partial charge on any atom is 0.333 e. The lowest BCUT2D eigenvalue weighted by molar-refractivity contribution is 0.0949. The SMILES string of the molecule is Cc1nc(-c2cccnc2)sc1CNC(=O)c1c[nH]c(=O)n(-c2ccc(F)cc2)c1=O. The lowest BCUT2D eigenvalue weighted by atomic mass is 10.2. The van der Waals surface area contributed by atoms with Crippen LogP contribution in [0.4, 0.5) is 4.39 Å². The monoisotopic (exact) mass is 437 g/mol. The van der Waals surface area contributed by atoms with Crippen LogP contribution in [0.5, 0.6) is 0 Å². The van der Waals surface area contributed by atoms with Crippen molar-refractivity contribution < 1.29 is 9.18 Å². The molecule has 4 aromatic rings. The van der Waals surface area contributed by atoms with E-state index >= 15 is 0 Å². The van der Waals surface area contributed by atoms with Gasteiger partial charge in [0.2, 0.25) is 0 Å². The molecule has 3 heterocycles. The molecule has 0 radical (unpaired) electrons. The molecule has 1 aromatic carbocycles. The van der Waals surface area contributed by atoms with Gasteiger partial charge in [0.1, 0.15) is 16.4 Å². The summed E-state index contributed by atoms with van der Waals surface area (Å²) in [6.45, 7) is 2.00. The second-order valence-electron chi connectivity index (χ2n) is 6.58. The smallest absolute Gasteiger partial charge is 0.333 e. The number of rotatable bonds is 5. The van der Waals surface area contributed by atoms with Gasteiger partial charge in [-0.1, -0.05) is 0 Å². The van der Waals surface area contributed by atoms with Crippen LogP contribution in [0.3, 0.4) is 0 Å². The molecule has 0 saturated carbocycles. The maximum absolute atomic E-state index is 13.2. The quantitative estimate of drug-likeness (QED) is 0.498. The number of nitrogens with one attached hydrogen (secondary N) is 2. The van der Waals surface area contributed by atoms with Crippen molar-refractivity contribution in [1.29, 1.82) is 0 Å². The van der Waals surface area contributed by atoms with E-state index in [1.807, 2.05) is 19.1 Å². The molecule has 8 nitrogen and oxygen atoms in total. The Morgan fingerprint density at radius 2 is 2.00 bits per heavy atom. The van der Waals surface area contributed by atoms with Gasteiger partial charge in [-0.3, -0.25) is 14.6 Å². The summed E-state index contributed by atoms with van der Waals surface area (Å²) >= 11 is 1.42. The lowest BCUT2D eigenvalue weighted by Gasteiger charge is -2.08. The van der Waals surface area contributed by atoms with Gasteiger partial charge in [0, 0.05) is 29.0 Å². The Balaban J connectivity index is 1.57. The van der Waals surface area contributed by atoms with Crippen LogP contribution in [-0.2, 0) is 6.54 Å². The summed E-state index contributed by atoms with van der Waals surface area (Å²) in [5, 5.41) is 3.46. The third kappa shape index (κ3) is 4.19. The molecule has 0 atom stereocenters. The normalized spacial score (nSPS) is 10.8. The van der Waals surface area contributed by atoms with Crippen LogP contribution >= 0.6 is 11.3 Å². The van der Waals surface area contributed by atoms with Gasteiger partial charge in [0.25, 0.3) is 11.5 Å². The molecule has 0 aliphatic rings. The molecular formula is C21H16FN5O3S. The Morgan fingerprint density at radius 1 is 1.23 bits per heavy atom. The van der Waals surface area contributed by atoms with E-state index in [1.165, 1.54) is 23.5 Å². The van der Waals surface area contributed by atoms with Crippen molar-refractivity contribution in [3.8, 4) is 16.3 Å². The van der Waals surface area contributed by atoms with Crippen molar-refractivity contribution in [3.05, 3.63) is 97.8 Å². The number of nitrogens with zero attached hydrogens (tertiary/aromatic N) is 3. The van der Waals surface area contributed by atoms with Gasteiger partial charge >= 0.3 is 5.69 Å². The molecule has 31 heavy (non-hydrogen) atoms. The third-order valence-corrected chi connectivity index (χ3v) is 5.72. The van der Waals surface area contributed by atoms with Gasteiger partial charge in [-0.2, -0.15) is 0 Å². The molecule has 0 fully saturated rings. The summed E-state index contributed by atoms with van der Waals surface area (Å²) in [4.78, 5) is 49.3. The zero-order valence-corrected chi connectivity index (χ0v) is 17.1. The molecule has 0 bridgehead atoms. The molecule has 156 valence electrons. The first kappa shape index (κ1) is 20.4. The molecule has 0 aliphatic heterocycles. The second kappa shape index (κ2) is 8.44. The highest BCUT2D eigenvalue weighted by Gasteiger charge is 2.17. The Kier molecular flexibility index (Phi) is 5.54. The van der Waals surface area contributed by atoms with Crippen molar-refractivity contribution in [2.45, 2.75) is 13.5 Å². The van der Waals surface area contributed by atoms with E-state index in [-0.39, 0.29) is 17.8 Å². The predicted molar refractivity (Wildman–Crippen MR) is 114 cm³/mol. The second-order valence-corrected chi connectivity index (χ2v) is 7.66. The van der Waals surface area contributed by atoms with Crippen molar-refractivity contribution in [2.24, 2.45) is 0 Å². The number of halogens is 1. The van der Waals surface area contributed by atoms with Crippen LogP contribution in [0.15, 0.2) is 64.6 Å². The Labute approximate surface area is 179 Å². The van der Waals surface area contributed by atoms with E-state index in [1.54, 1.807) is 12.4 Å². The van der Waals surface area contributed by atoms with E-state index in [2.05, 4.69) is 20.3 Å². The van der Waals surface area contributed by atoms with Gasteiger partial charge in [-0.15, -0.1) is 11.3 Å². The molecule has 1 amide bonds. The average molecular weight is 437 g/mol. The number of hydrogen-bond donors (Lipinski definition) is 2. The van der Waals surface area contributed by atoms with Crippen molar-refractivity contribution in [2.75, 3.05) is 0 Å². The zero-order chi connectivity index (χ0) is 22.0. The highest BCUT2D eigenvalue weighted by molar-refractivity contribution is 7.15. The Hall–Kier alpha value is -3.92. The number of H-pyrrole nitrogens is 1. The fraction of sp³-hybridized carbons (Fsp3) is 0.0952. The predicted octanol–water partition coefficient (Wildman–Crippen LogP) is 2.42. The third-order valence-electron chi connectivity index (χ3n) is 4.52. The standard InChI is InChI=1S/C21H16FN5O3S/c1-12-17(31-19(26-12)13-3-2-8-23-9-13)11-24-18(28)16-10-25-21(30)27(20(16)29)15-6-4-14(22)5-7-15/h2-10H,11H2,1H3,(H,24,28)(H,25,30). The number of benzene rings is 1. The summed E-state index contributed by atoms with van der Waals surface area (Å²) in [7, 11) is 0. The van der Waals surface area contributed by atoms with E-state index in [9.17, 15) is 18.8 Å². The van der Waals surface area contributed by atoms with Gasteiger partial charge in [0.05, 0.1) is 17.9 Å². The maximum atomic E-state index is 13.2. The summed E-state index contributed by atoms with van der Waals surface area (Å²) in [6.07, 6.45) is 4.45. The number of amides is 1. The fourth-order valence-electron chi connectivity index (χ4n) is 2.92. The number of hydrogen-bond acceptors (Lipinski definition) is 6. The minimum absolute atomic E-state index is 0.154. The average Bonchev–Trinajstić information content (AvgIpc) is 3.14. The van der Waals surface area contributed by atoms with Crippen LogP contribution in [-0.4, -0.2) is 25.4 Å². The van der Waals surface area contributed by atoms with Gasteiger partial charge in [0.15, 0.2) is 0 Å². The minimum Gasteiger partial charge on any atom is -0.347 e. The summed E-state index contributed by atoms with van der Waals surface area (Å²) in [5.74, 6) is -1.15. The first-order valence-electron chi connectivity index (χ1n) is 9.19. The Morgan fingerprint density at radius 3 is 2.71 bits per heavy atom. The first-order valence-corrected chi connectivity index (χ1v) is 10.0. The number of thiazole rings is 1. The molecule has 0 unspecified atom stereocenters. The Bertz CT molecular complexity index is 1360. The fourth-order valence-corrected chi connectivity index (χ4v) is 3.91.